The Morgan fingerprint density at radius 1 is 1.37 bits per heavy atom. The van der Waals surface area contributed by atoms with E-state index < -0.39 is 21.9 Å². The maximum Gasteiger partial charge on any atom is 0.456 e. The van der Waals surface area contributed by atoms with Gasteiger partial charge in [-0.2, -0.15) is 0 Å². The molecule has 0 aromatic carbocycles. The number of hydrogen-bond acceptors (Lipinski definition) is 9. The highest BCUT2D eigenvalue weighted by atomic mass is 127. The molecule has 200 valence electrons. The standard InChI is InChI=1S/C20H40BIN8O4S/c1-4-10-34-21(22)29-20(5-2,13-23)30-16(31)12-15(18(30)33)35-11-9-27-17(32)14(24)7-6-8-28-19(25)26-3/h14-15,29H,4-13,23-24H2,1-3H3,(H,27,32)(H3,25,26,28). The number of guanidine groups is 1. The Morgan fingerprint density at radius 3 is 2.69 bits per heavy atom. The monoisotopic (exact) mass is 626 g/mol. The predicted octanol–water partition coefficient (Wildman–Crippen LogP) is -0.894. The second-order valence-electron chi connectivity index (χ2n) is 8.13. The van der Waals surface area contributed by atoms with Crippen LogP contribution in [0.5, 0.6) is 0 Å². The largest absolute Gasteiger partial charge is 0.456 e. The summed E-state index contributed by atoms with van der Waals surface area (Å²) in [6.07, 6.45) is 2.57. The highest BCUT2D eigenvalue weighted by Gasteiger charge is 2.50. The first kappa shape index (κ1) is 31.9. The number of nitrogens with zero attached hydrogens (tertiary/aromatic N) is 2. The molecule has 3 atom stereocenters. The highest BCUT2D eigenvalue weighted by Crippen LogP contribution is 2.31. The minimum atomic E-state index is -1.01. The topological polar surface area (TPSA) is 190 Å². The molecule has 35 heavy (non-hydrogen) atoms. The Balaban J connectivity index is 2.52. The van der Waals surface area contributed by atoms with Gasteiger partial charge in [-0.15, -0.1) is 11.8 Å². The SMILES string of the molecule is CCCOB(I)NC(CC)(CN)N1C(=O)CC(SCCNC(=O)C(N)CCCNC(N)=NC)C1=O. The number of carbonyl (C=O) groups excluding carboxylic acids is 3. The Labute approximate surface area is 226 Å². The van der Waals surface area contributed by atoms with Crippen molar-refractivity contribution in [3.63, 3.8) is 0 Å². The maximum atomic E-state index is 13.1. The molecular weight excluding hydrogens is 586 g/mol. The van der Waals surface area contributed by atoms with Crippen molar-refractivity contribution in [2.75, 3.05) is 39.0 Å². The molecule has 0 aromatic heterocycles. The lowest BCUT2D eigenvalue weighted by atomic mass is 10.0. The van der Waals surface area contributed by atoms with E-state index in [1.54, 1.807) is 7.05 Å². The van der Waals surface area contributed by atoms with Crippen LogP contribution in [0.15, 0.2) is 4.99 Å². The fourth-order valence-electron chi connectivity index (χ4n) is 3.53. The van der Waals surface area contributed by atoms with Crippen molar-refractivity contribution in [3.8, 4) is 0 Å². The van der Waals surface area contributed by atoms with Gasteiger partial charge in [-0.3, -0.25) is 29.5 Å². The number of aliphatic imine (C=N–C) groups is 1. The van der Waals surface area contributed by atoms with Crippen molar-refractivity contribution in [2.24, 2.45) is 22.2 Å². The summed E-state index contributed by atoms with van der Waals surface area (Å²) in [6.45, 7) is 5.44. The average molecular weight is 626 g/mol. The quantitative estimate of drug-likeness (QED) is 0.0295. The summed E-state index contributed by atoms with van der Waals surface area (Å²) in [4.78, 5) is 42.8. The molecule has 15 heteroatoms. The van der Waals surface area contributed by atoms with E-state index in [9.17, 15) is 14.4 Å². The lowest BCUT2D eigenvalue weighted by Gasteiger charge is -2.41. The molecule has 1 fully saturated rings. The van der Waals surface area contributed by atoms with Crippen molar-refractivity contribution in [1.82, 2.24) is 20.8 Å². The molecular formula is C20H40BIN8O4S. The molecule has 0 bridgehead atoms. The summed E-state index contributed by atoms with van der Waals surface area (Å²) in [6, 6.07) is -0.635. The first-order valence-electron chi connectivity index (χ1n) is 11.9. The lowest BCUT2D eigenvalue weighted by molar-refractivity contribution is -0.146. The average Bonchev–Trinajstić information content (AvgIpc) is 3.14. The zero-order chi connectivity index (χ0) is 26.4. The van der Waals surface area contributed by atoms with Crippen LogP contribution >= 0.6 is 34.1 Å². The minimum absolute atomic E-state index is 0.0780. The highest BCUT2D eigenvalue weighted by molar-refractivity contribution is 14.1. The van der Waals surface area contributed by atoms with Gasteiger partial charge in [-0.25, -0.2) is 0 Å². The van der Waals surface area contributed by atoms with Crippen LogP contribution < -0.4 is 33.1 Å². The number of nitrogens with one attached hydrogen (secondary N) is 3. The Morgan fingerprint density at radius 2 is 2.09 bits per heavy atom. The van der Waals surface area contributed by atoms with Gasteiger partial charge < -0.3 is 32.5 Å². The van der Waals surface area contributed by atoms with Gasteiger partial charge in [0.15, 0.2) is 5.96 Å². The fourth-order valence-corrected chi connectivity index (χ4v) is 5.38. The number of nitrogens with two attached hydrogens (primary N) is 3. The van der Waals surface area contributed by atoms with Gasteiger partial charge in [0.1, 0.15) is 5.66 Å². The Bertz CT molecular complexity index is 731. The van der Waals surface area contributed by atoms with E-state index in [-0.39, 0.29) is 30.7 Å². The molecule has 0 saturated carbocycles. The smallest absolute Gasteiger partial charge is 0.413 e. The van der Waals surface area contributed by atoms with Crippen molar-refractivity contribution >= 4 is 62.7 Å². The molecule has 1 heterocycles. The molecule has 12 nitrogen and oxygen atoms in total. The van der Waals surface area contributed by atoms with Crippen LogP contribution in [0.1, 0.15) is 46.0 Å². The van der Waals surface area contributed by atoms with Crippen LogP contribution in [0.4, 0.5) is 0 Å². The molecule has 1 rings (SSSR count). The molecule has 0 spiro atoms. The van der Waals surface area contributed by atoms with E-state index in [0.717, 1.165) is 6.42 Å². The Hall–Kier alpha value is -1.14. The molecule has 0 aromatic rings. The summed E-state index contributed by atoms with van der Waals surface area (Å²) in [5, 5.41) is 8.42. The lowest BCUT2D eigenvalue weighted by Crippen LogP contribution is -2.67. The van der Waals surface area contributed by atoms with Crippen LogP contribution in [0.2, 0.25) is 0 Å². The molecule has 9 N–H and O–H groups in total. The van der Waals surface area contributed by atoms with Gasteiger partial charge in [-0.05, 0) is 25.7 Å². The van der Waals surface area contributed by atoms with E-state index in [4.69, 9.17) is 21.9 Å². The molecule has 1 aliphatic heterocycles. The second-order valence-corrected chi connectivity index (χ2v) is 10.6. The van der Waals surface area contributed by atoms with Crippen LogP contribution in [-0.4, -0.2) is 89.5 Å². The predicted molar refractivity (Wildman–Crippen MR) is 150 cm³/mol. The third kappa shape index (κ3) is 10.0. The van der Waals surface area contributed by atoms with Gasteiger partial charge in [0.25, 0.3) is 0 Å². The van der Waals surface area contributed by atoms with E-state index in [2.05, 4.69) is 43.2 Å². The number of halogens is 1. The van der Waals surface area contributed by atoms with Gasteiger partial charge in [0.2, 0.25) is 17.7 Å². The van der Waals surface area contributed by atoms with E-state index in [1.165, 1.54) is 16.7 Å². The first-order valence-corrected chi connectivity index (χ1v) is 14.2. The summed E-state index contributed by atoms with van der Waals surface area (Å²) < 4.78 is 5.68. The van der Waals surface area contributed by atoms with Gasteiger partial charge in [0.05, 0.1) is 11.3 Å². The van der Waals surface area contributed by atoms with E-state index >= 15 is 0 Å². The number of thioether (sulfide) groups is 1. The third-order valence-corrected chi connectivity index (χ3v) is 7.48. The zero-order valence-electron chi connectivity index (χ0n) is 20.8. The van der Waals surface area contributed by atoms with Crippen LogP contribution in [0.3, 0.4) is 0 Å². The van der Waals surface area contributed by atoms with Crippen LogP contribution in [0, 0.1) is 0 Å². The van der Waals surface area contributed by atoms with Gasteiger partial charge >= 0.3 is 4.91 Å². The molecule has 0 aliphatic carbocycles. The fraction of sp³-hybridized carbons (Fsp3) is 0.800. The van der Waals surface area contributed by atoms with Crippen molar-refractivity contribution in [1.29, 1.82) is 0 Å². The molecule has 1 saturated heterocycles. The van der Waals surface area contributed by atoms with Crippen molar-refractivity contribution < 1.29 is 19.0 Å². The number of likely N-dealkylation sites (tertiary alicyclic amines) is 1. The van der Waals surface area contributed by atoms with Crippen molar-refractivity contribution in [2.45, 2.75) is 62.9 Å². The summed E-state index contributed by atoms with van der Waals surface area (Å²) in [5.74, 6) is 0.0285. The number of imide groups is 1. The van der Waals surface area contributed by atoms with Crippen molar-refractivity contribution in [3.05, 3.63) is 0 Å². The number of carbonyl (C=O) groups is 3. The summed E-state index contributed by atoms with van der Waals surface area (Å²) in [7, 11) is 1.59. The second kappa shape index (κ2) is 16.6. The van der Waals surface area contributed by atoms with Crippen LogP contribution in [-0.2, 0) is 19.0 Å². The maximum absolute atomic E-state index is 13.1. The normalized spacial score (nSPS) is 19.0. The third-order valence-electron chi connectivity index (χ3n) is 5.60. The van der Waals surface area contributed by atoms with Gasteiger partial charge in [0, 0.05) is 45.5 Å². The molecule has 3 unspecified atom stereocenters. The molecule has 1 aliphatic rings. The zero-order valence-corrected chi connectivity index (χ0v) is 23.8. The first-order chi connectivity index (χ1) is 16.6. The number of rotatable bonds is 17. The number of hydrogen-bond donors (Lipinski definition) is 6. The molecule has 0 radical (unpaired) electrons. The summed E-state index contributed by atoms with van der Waals surface area (Å²) in [5.41, 5.74) is 16.5. The number of amides is 3. The van der Waals surface area contributed by atoms with E-state index in [1.807, 2.05) is 13.8 Å². The Kier molecular flexibility index (Phi) is 15.1. The molecule has 3 amide bonds. The summed E-state index contributed by atoms with van der Waals surface area (Å²) >= 11 is 3.43. The van der Waals surface area contributed by atoms with Gasteiger partial charge in [-0.1, -0.05) is 36.2 Å². The van der Waals surface area contributed by atoms with E-state index in [0.29, 0.717) is 50.7 Å². The van der Waals surface area contributed by atoms with Crippen LogP contribution in [0.25, 0.3) is 0 Å². The minimum Gasteiger partial charge on any atom is -0.413 e.